The molecule has 0 fully saturated rings. The van der Waals surface area contributed by atoms with Crippen molar-refractivity contribution in [2.24, 2.45) is 0 Å². The molecule has 0 amide bonds. The zero-order chi connectivity index (χ0) is 14.7. The van der Waals surface area contributed by atoms with Crippen LogP contribution in [0.15, 0.2) is 36.4 Å². The van der Waals surface area contributed by atoms with Gasteiger partial charge >= 0.3 is 0 Å². The van der Waals surface area contributed by atoms with Gasteiger partial charge in [0.15, 0.2) is 23.3 Å². The molecule has 2 aromatic rings. The van der Waals surface area contributed by atoms with E-state index in [1.54, 1.807) is 6.92 Å². The van der Waals surface area contributed by atoms with Gasteiger partial charge in [-0.3, -0.25) is 0 Å². The van der Waals surface area contributed by atoms with Crippen LogP contribution in [0.5, 0.6) is 0 Å². The highest BCUT2D eigenvalue weighted by molar-refractivity contribution is 5.34. The molecular weight excluding hydrogens is 270 g/mol. The van der Waals surface area contributed by atoms with Crippen LogP contribution in [0, 0.1) is 23.3 Å². The molecule has 0 atom stereocenters. The van der Waals surface area contributed by atoms with Gasteiger partial charge in [0, 0.05) is 11.1 Å². The van der Waals surface area contributed by atoms with Crippen molar-refractivity contribution in [3.8, 4) is 0 Å². The average molecular weight is 283 g/mol. The molecule has 0 unspecified atom stereocenters. The number of rotatable bonds is 4. The number of halogens is 4. The van der Waals surface area contributed by atoms with Crippen molar-refractivity contribution in [2.45, 2.75) is 13.0 Å². The maximum Gasteiger partial charge on any atom is 0.163 e. The third-order valence-corrected chi connectivity index (χ3v) is 2.99. The lowest BCUT2D eigenvalue weighted by molar-refractivity contribution is 0.462. The Balaban J connectivity index is 2.56. The Morgan fingerprint density at radius 2 is 1.30 bits per heavy atom. The molecule has 0 bridgehead atoms. The predicted molar refractivity (Wildman–Crippen MR) is 68.2 cm³/mol. The molecule has 0 aliphatic carbocycles. The van der Waals surface area contributed by atoms with Crippen molar-refractivity contribution in [1.82, 2.24) is 5.32 Å². The zero-order valence-corrected chi connectivity index (χ0v) is 10.8. The molecule has 0 aliphatic rings. The maximum absolute atomic E-state index is 13.9. The summed E-state index contributed by atoms with van der Waals surface area (Å²) < 4.78 is 54.3. The summed E-state index contributed by atoms with van der Waals surface area (Å²) in [6.45, 7) is 2.12. The zero-order valence-electron chi connectivity index (χ0n) is 10.8. The second-order valence-electron chi connectivity index (χ2n) is 4.28. The van der Waals surface area contributed by atoms with Crippen molar-refractivity contribution < 1.29 is 17.6 Å². The fourth-order valence-corrected chi connectivity index (χ4v) is 2.08. The molecule has 20 heavy (non-hydrogen) atoms. The van der Waals surface area contributed by atoms with Crippen LogP contribution in [0.3, 0.4) is 0 Å². The number of nitrogens with one attached hydrogen (secondary N) is 1. The summed E-state index contributed by atoms with van der Waals surface area (Å²) in [5, 5.41) is 2.84. The molecule has 0 heterocycles. The summed E-state index contributed by atoms with van der Waals surface area (Å²) in [7, 11) is 0. The van der Waals surface area contributed by atoms with Crippen LogP contribution >= 0.6 is 0 Å². The van der Waals surface area contributed by atoms with Crippen molar-refractivity contribution in [3.05, 3.63) is 70.8 Å². The maximum atomic E-state index is 13.9. The van der Waals surface area contributed by atoms with Crippen molar-refractivity contribution in [2.75, 3.05) is 6.54 Å². The minimum absolute atomic E-state index is 0.0589. The smallest absolute Gasteiger partial charge is 0.163 e. The molecule has 1 nitrogen and oxygen atoms in total. The first-order valence-corrected chi connectivity index (χ1v) is 6.17. The van der Waals surface area contributed by atoms with Crippen LogP contribution in [-0.2, 0) is 0 Å². The van der Waals surface area contributed by atoms with Gasteiger partial charge in [-0.15, -0.1) is 0 Å². The Morgan fingerprint density at radius 3 is 1.70 bits per heavy atom. The lowest BCUT2D eigenvalue weighted by Gasteiger charge is -2.20. The van der Waals surface area contributed by atoms with E-state index in [-0.39, 0.29) is 11.1 Å². The first-order valence-electron chi connectivity index (χ1n) is 6.17. The molecule has 0 saturated carbocycles. The van der Waals surface area contributed by atoms with Gasteiger partial charge in [0.05, 0.1) is 6.04 Å². The summed E-state index contributed by atoms with van der Waals surface area (Å²) in [6, 6.07) is 6.34. The Hall–Kier alpha value is -1.88. The van der Waals surface area contributed by atoms with Gasteiger partial charge in [-0.1, -0.05) is 31.2 Å². The second kappa shape index (κ2) is 6.05. The first kappa shape index (κ1) is 14.5. The van der Waals surface area contributed by atoms with Crippen molar-refractivity contribution in [3.63, 3.8) is 0 Å². The number of hydrogen-bond donors (Lipinski definition) is 1. The average Bonchev–Trinajstić information content (AvgIpc) is 2.43. The summed E-state index contributed by atoms with van der Waals surface area (Å²) in [6.07, 6.45) is 0. The number of hydrogen-bond acceptors (Lipinski definition) is 1. The fourth-order valence-electron chi connectivity index (χ4n) is 2.08. The van der Waals surface area contributed by atoms with E-state index in [4.69, 9.17) is 0 Å². The van der Waals surface area contributed by atoms with E-state index >= 15 is 0 Å². The predicted octanol–water partition coefficient (Wildman–Crippen LogP) is 3.94. The largest absolute Gasteiger partial charge is 0.306 e. The van der Waals surface area contributed by atoms with Gasteiger partial charge < -0.3 is 5.32 Å². The van der Waals surface area contributed by atoms with Gasteiger partial charge in [-0.2, -0.15) is 0 Å². The Labute approximate surface area is 114 Å². The summed E-state index contributed by atoms with van der Waals surface area (Å²) in [5.41, 5.74) is -0.118. The number of benzene rings is 2. The molecule has 2 rings (SSSR count). The van der Waals surface area contributed by atoms with Crippen molar-refractivity contribution in [1.29, 1.82) is 0 Å². The van der Waals surface area contributed by atoms with E-state index in [1.165, 1.54) is 24.3 Å². The van der Waals surface area contributed by atoms with Crippen molar-refractivity contribution >= 4 is 0 Å². The van der Waals surface area contributed by atoms with Crippen LogP contribution in [-0.4, -0.2) is 6.54 Å². The van der Waals surface area contributed by atoms with E-state index in [1.807, 2.05) is 0 Å². The third-order valence-electron chi connectivity index (χ3n) is 2.99. The third kappa shape index (κ3) is 2.67. The molecule has 0 spiro atoms. The summed E-state index contributed by atoms with van der Waals surface area (Å²) >= 11 is 0. The highest BCUT2D eigenvalue weighted by atomic mass is 19.2. The minimum atomic E-state index is -1.07. The van der Waals surface area contributed by atoms with E-state index in [9.17, 15) is 17.6 Å². The molecule has 1 N–H and O–H groups in total. The summed E-state index contributed by atoms with van der Waals surface area (Å²) in [5.74, 6) is -4.19. The second-order valence-corrected chi connectivity index (χ2v) is 4.28. The molecule has 2 aromatic carbocycles. The van der Waals surface area contributed by atoms with Crippen LogP contribution in [0.25, 0.3) is 0 Å². The normalized spacial score (nSPS) is 11.1. The molecular formula is C15H13F4N. The standard InChI is InChI=1S/C15H13F4N/c1-2-20-15(9-5-3-7-11(16)13(9)18)10-6-4-8-12(17)14(10)19/h3-8,15,20H,2H2,1H3. The lowest BCUT2D eigenvalue weighted by Crippen LogP contribution is -2.24. The van der Waals surface area contributed by atoms with Crippen LogP contribution in [0.1, 0.15) is 24.1 Å². The Morgan fingerprint density at radius 1 is 0.850 bits per heavy atom. The Bertz CT molecular complexity index is 561. The first-order chi connectivity index (χ1) is 9.56. The van der Waals surface area contributed by atoms with Crippen LogP contribution < -0.4 is 5.32 Å². The fraction of sp³-hybridized carbons (Fsp3) is 0.200. The van der Waals surface area contributed by atoms with Crippen LogP contribution in [0.4, 0.5) is 17.6 Å². The molecule has 106 valence electrons. The highest BCUT2D eigenvalue weighted by Gasteiger charge is 2.23. The molecule has 5 heteroatoms. The van der Waals surface area contributed by atoms with E-state index in [0.717, 1.165) is 12.1 Å². The molecule has 0 aliphatic heterocycles. The van der Waals surface area contributed by atoms with Gasteiger partial charge in [0.1, 0.15) is 0 Å². The molecule has 0 aromatic heterocycles. The molecule has 0 saturated heterocycles. The van der Waals surface area contributed by atoms with E-state index in [2.05, 4.69) is 5.32 Å². The van der Waals surface area contributed by atoms with Crippen LogP contribution in [0.2, 0.25) is 0 Å². The van der Waals surface area contributed by atoms with E-state index in [0.29, 0.717) is 6.54 Å². The minimum Gasteiger partial charge on any atom is -0.306 e. The van der Waals surface area contributed by atoms with Gasteiger partial charge in [0.25, 0.3) is 0 Å². The monoisotopic (exact) mass is 283 g/mol. The van der Waals surface area contributed by atoms with Gasteiger partial charge in [-0.05, 0) is 18.7 Å². The lowest BCUT2D eigenvalue weighted by atomic mass is 9.97. The highest BCUT2D eigenvalue weighted by Crippen LogP contribution is 2.28. The SMILES string of the molecule is CCNC(c1cccc(F)c1F)c1cccc(F)c1F. The topological polar surface area (TPSA) is 12.0 Å². The summed E-state index contributed by atoms with van der Waals surface area (Å²) in [4.78, 5) is 0. The van der Waals surface area contributed by atoms with Gasteiger partial charge in [-0.25, -0.2) is 17.6 Å². The van der Waals surface area contributed by atoms with Gasteiger partial charge in [0.2, 0.25) is 0 Å². The van der Waals surface area contributed by atoms with E-state index < -0.39 is 29.3 Å². The quantitative estimate of drug-likeness (QED) is 0.838. The Kier molecular flexibility index (Phi) is 4.39. The molecule has 0 radical (unpaired) electrons.